The van der Waals surface area contributed by atoms with E-state index in [0.29, 0.717) is 5.41 Å². The zero-order chi connectivity index (χ0) is 8.44. The highest BCUT2D eigenvalue weighted by Crippen LogP contribution is 2.32. The normalized spacial score (nSPS) is 20.4. The van der Waals surface area contributed by atoms with Gasteiger partial charge in [-0.1, -0.05) is 18.7 Å². The van der Waals surface area contributed by atoms with Gasteiger partial charge in [-0.25, -0.2) is 4.98 Å². The minimum Gasteiger partial charge on any atom is -0.380 e. The third-order valence-corrected chi connectivity index (χ3v) is 3.27. The lowest BCUT2D eigenvalue weighted by Gasteiger charge is -2.37. The number of hydrogen-bond donors (Lipinski definition) is 1. The number of nitrogens with one attached hydrogen (secondary N) is 1. The van der Waals surface area contributed by atoms with Crippen LogP contribution in [0.25, 0.3) is 0 Å². The molecule has 2 heterocycles. The number of H-pyrrole nitrogens is 1. The first-order valence-electron chi connectivity index (χ1n) is 3.98. The van der Waals surface area contributed by atoms with Crippen LogP contribution in [-0.2, 0) is 4.74 Å². The molecule has 1 fully saturated rings. The van der Waals surface area contributed by atoms with Crippen LogP contribution in [0.3, 0.4) is 0 Å². The van der Waals surface area contributed by atoms with Gasteiger partial charge in [0.25, 0.3) is 0 Å². The van der Waals surface area contributed by atoms with Crippen LogP contribution in [0.2, 0.25) is 0 Å². The third kappa shape index (κ3) is 1.64. The van der Waals surface area contributed by atoms with Crippen molar-refractivity contribution in [3.8, 4) is 0 Å². The topological polar surface area (TPSA) is 37.9 Å². The van der Waals surface area contributed by atoms with Crippen LogP contribution < -0.4 is 0 Å². The van der Waals surface area contributed by atoms with E-state index in [1.165, 1.54) is 0 Å². The predicted octanol–water partition coefficient (Wildman–Crippen LogP) is 1.54. The second-order valence-electron chi connectivity index (χ2n) is 3.49. The van der Waals surface area contributed by atoms with Crippen LogP contribution >= 0.6 is 11.8 Å². The summed E-state index contributed by atoms with van der Waals surface area (Å²) in [6.45, 7) is 4.02. The summed E-state index contributed by atoms with van der Waals surface area (Å²) in [6, 6.07) is 0. The highest BCUT2D eigenvalue weighted by atomic mass is 32.2. The number of aromatic amines is 1. The molecule has 0 unspecified atom stereocenters. The van der Waals surface area contributed by atoms with Crippen molar-refractivity contribution < 1.29 is 4.74 Å². The number of imidazole rings is 1. The Bertz CT molecular complexity index is 244. The van der Waals surface area contributed by atoms with Crippen molar-refractivity contribution in [2.75, 3.05) is 19.0 Å². The Balaban J connectivity index is 1.82. The fourth-order valence-electron chi connectivity index (χ4n) is 1.11. The lowest BCUT2D eigenvalue weighted by Crippen LogP contribution is -2.41. The maximum absolute atomic E-state index is 5.16. The van der Waals surface area contributed by atoms with Crippen molar-refractivity contribution in [2.45, 2.75) is 12.1 Å². The molecule has 1 aliphatic heterocycles. The molecule has 0 aliphatic carbocycles. The summed E-state index contributed by atoms with van der Waals surface area (Å²) < 4.78 is 5.16. The van der Waals surface area contributed by atoms with Crippen LogP contribution in [0.4, 0.5) is 0 Å². The molecule has 0 spiro atoms. The van der Waals surface area contributed by atoms with Crippen molar-refractivity contribution in [1.29, 1.82) is 0 Å². The van der Waals surface area contributed by atoms with E-state index < -0.39 is 0 Å². The lowest BCUT2D eigenvalue weighted by molar-refractivity contribution is -0.0861. The van der Waals surface area contributed by atoms with E-state index in [9.17, 15) is 0 Å². The number of thioether (sulfide) groups is 1. The minimum atomic E-state index is 0.372. The molecule has 66 valence electrons. The van der Waals surface area contributed by atoms with E-state index in [-0.39, 0.29) is 0 Å². The first-order valence-corrected chi connectivity index (χ1v) is 4.97. The summed E-state index contributed by atoms with van der Waals surface area (Å²) in [5.74, 6) is 1.08. The molecule has 0 aromatic carbocycles. The van der Waals surface area contributed by atoms with Gasteiger partial charge in [-0.3, -0.25) is 0 Å². The van der Waals surface area contributed by atoms with Crippen molar-refractivity contribution in [3.63, 3.8) is 0 Å². The summed E-state index contributed by atoms with van der Waals surface area (Å²) in [5.41, 5.74) is 0.372. The SMILES string of the molecule is CC1(CSc2ncc[nH]2)COC1. The van der Waals surface area contributed by atoms with Crippen molar-refractivity contribution in [2.24, 2.45) is 5.41 Å². The van der Waals surface area contributed by atoms with Gasteiger partial charge in [0, 0.05) is 23.6 Å². The molecule has 0 atom stereocenters. The molecule has 0 radical (unpaired) electrons. The summed E-state index contributed by atoms with van der Waals surface area (Å²) in [5, 5.41) is 1.00. The highest BCUT2D eigenvalue weighted by Gasteiger charge is 2.33. The van der Waals surface area contributed by atoms with E-state index in [4.69, 9.17) is 4.74 Å². The van der Waals surface area contributed by atoms with E-state index in [0.717, 1.165) is 24.1 Å². The molecule has 1 aliphatic rings. The zero-order valence-electron chi connectivity index (χ0n) is 7.04. The Morgan fingerprint density at radius 1 is 1.75 bits per heavy atom. The van der Waals surface area contributed by atoms with Gasteiger partial charge in [-0.2, -0.15) is 0 Å². The molecule has 1 N–H and O–H groups in total. The van der Waals surface area contributed by atoms with Gasteiger partial charge >= 0.3 is 0 Å². The van der Waals surface area contributed by atoms with Gasteiger partial charge in [0.05, 0.1) is 13.2 Å². The third-order valence-electron chi connectivity index (χ3n) is 1.93. The van der Waals surface area contributed by atoms with Crippen LogP contribution in [0.5, 0.6) is 0 Å². The van der Waals surface area contributed by atoms with E-state index in [1.54, 1.807) is 18.0 Å². The molecule has 3 nitrogen and oxygen atoms in total. The van der Waals surface area contributed by atoms with Crippen LogP contribution in [0, 0.1) is 5.41 Å². The van der Waals surface area contributed by atoms with Gasteiger partial charge in [-0.15, -0.1) is 0 Å². The molecule has 1 aromatic heterocycles. The van der Waals surface area contributed by atoms with Gasteiger partial charge in [0.1, 0.15) is 0 Å². The molecule has 0 saturated carbocycles. The minimum absolute atomic E-state index is 0.372. The van der Waals surface area contributed by atoms with Gasteiger partial charge < -0.3 is 9.72 Å². The lowest BCUT2D eigenvalue weighted by atomic mass is 9.92. The molecule has 0 bridgehead atoms. The molecule has 0 amide bonds. The Labute approximate surface area is 75.9 Å². The van der Waals surface area contributed by atoms with E-state index >= 15 is 0 Å². The van der Waals surface area contributed by atoms with Crippen LogP contribution in [0.15, 0.2) is 17.6 Å². The molecule has 12 heavy (non-hydrogen) atoms. The van der Waals surface area contributed by atoms with Crippen molar-refractivity contribution in [1.82, 2.24) is 9.97 Å². The van der Waals surface area contributed by atoms with E-state index in [1.807, 2.05) is 6.20 Å². The average molecular weight is 184 g/mol. The first kappa shape index (κ1) is 8.13. The van der Waals surface area contributed by atoms with Crippen molar-refractivity contribution in [3.05, 3.63) is 12.4 Å². The summed E-state index contributed by atoms with van der Waals surface area (Å²) in [6.07, 6.45) is 3.63. The first-order chi connectivity index (χ1) is 5.79. The smallest absolute Gasteiger partial charge is 0.165 e. The number of nitrogens with zero attached hydrogens (tertiary/aromatic N) is 1. The molecule has 1 saturated heterocycles. The summed E-state index contributed by atoms with van der Waals surface area (Å²) in [4.78, 5) is 7.21. The van der Waals surface area contributed by atoms with Gasteiger partial charge in [0.2, 0.25) is 0 Å². The molecule has 2 rings (SSSR count). The Kier molecular flexibility index (Phi) is 2.11. The van der Waals surface area contributed by atoms with Crippen LogP contribution in [0.1, 0.15) is 6.92 Å². The summed E-state index contributed by atoms with van der Waals surface area (Å²) >= 11 is 1.76. The standard InChI is InChI=1S/C8H12N2OS/c1-8(4-11-5-8)6-12-7-9-2-3-10-7/h2-3H,4-6H2,1H3,(H,9,10). The fraction of sp³-hybridized carbons (Fsp3) is 0.625. The fourth-order valence-corrected chi connectivity index (χ4v) is 2.04. The number of ether oxygens (including phenoxy) is 1. The Morgan fingerprint density at radius 2 is 2.58 bits per heavy atom. The Morgan fingerprint density at radius 3 is 3.08 bits per heavy atom. The zero-order valence-corrected chi connectivity index (χ0v) is 7.86. The number of hydrogen-bond acceptors (Lipinski definition) is 3. The van der Waals surface area contributed by atoms with Gasteiger partial charge in [0.15, 0.2) is 5.16 Å². The highest BCUT2D eigenvalue weighted by molar-refractivity contribution is 7.99. The number of rotatable bonds is 3. The quantitative estimate of drug-likeness (QED) is 0.724. The maximum Gasteiger partial charge on any atom is 0.165 e. The number of aromatic nitrogens is 2. The molecular formula is C8H12N2OS. The maximum atomic E-state index is 5.16. The van der Waals surface area contributed by atoms with Crippen LogP contribution in [-0.4, -0.2) is 28.9 Å². The largest absolute Gasteiger partial charge is 0.380 e. The molecule has 1 aromatic rings. The van der Waals surface area contributed by atoms with Gasteiger partial charge in [-0.05, 0) is 0 Å². The molecular weight excluding hydrogens is 172 g/mol. The predicted molar refractivity (Wildman–Crippen MR) is 48.2 cm³/mol. The van der Waals surface area contributed by atoms with Crippen molar-refractivity contribution >= 4 is 11.8 Å². The average Bonchev–Trinajstić information content (AvgIpc) is 2.49. The van der Waals surface area contributed by atoms with E-state index in [2.05, 4.69) is 16.9 Å². The summed E-state index contributed by atoms with van der Waals surface area (Å²) in [7, 11) is 0. The monoisotopic (exact) mass is 184 g/mol. The molecule has 4 heteroatoms. The Hall–Kier alpha value is -0.480. The second kappa shape index (κ2) is 3.11. The second-order valence-corrected chi connectivity index (χ2v) is 4.45.